The van der Waals surface area contributed by atoms with E-state index in [0.717, 1.165) is 0 Å². The Morgan fingerprint density at radius 3 is 2.25 bits per heavy atom. The SMILES string of the molecule is CCN(CC)S(=O)(=O)c1ccccc1NC. The van der Waals surface area contributed by atoms with Crippen LogP contribution < -0.4 is 5.32 Å². The lowest BCUT2D eigenvalue weighted by atomic mass is 10.3. The highest BCUT2D eigenvalue weighted by Gasteiger charge is 2.23. The Morgan fingerprint density at radius 2 is 1.75 bits per heavy atom. The van der Waals surface area contributed by atoms with Gasteiger partial charge in [-0.15, -0.1) is 0 Å². The van der Waals surface area contributed by atoms with E-state index >= 15 is 0 Å². The highest BCUT2D eigenvalue weighted by atomic mass is 32.2. The van der Waals surface area contributed by atoms with Crippen LogP contribution in [0.4, 0.5) is 5.69 Å². The molecule has 5 heteroatoms. The third-order valence-electron chi connectivity index (χ3n) is 2.48. The number of hydrogen-bond donors (Lipinski definition) is 1. The maximum absolute atomic E-state index is 12.3. The molecular formula is C11H18N2O2S. The lowest BCUT2D eigenvalue weighted by Crippen LogP contribution is -2.31. The number of rotatable bonds is 5. The van der Waals surface area contributed by atoms with Crippen molar-refractivity contribution in [2.75, 3.05) is 25.5 Å². The number of anilines is 1. The van der Waals surface area contributed by atoms with E-state index in [1.165, 1.54) is 4.31 Å². The Labute approximate surface area is 97.3 Å². The number of sulfonamides is 1. The van der Waals surface area contributed by atoms with Gasteiger partial charge in [0.05, 0.1) is 5.69 Å². The third-order valence-corrected chi connectivity index (χ3v) is 4.59. The second-order valence-electron chi connectivity index (χ2n) is 3.34. The van der Waals surface area contributed by atoms with Crippen LogP contribution in [0.2, 0.25) is 0 Å². The molecule has 1 N–H and O–H groups in total. The van der Waals surface area contributed by atoms with Crippen molar-refractivity contribution in [2.45, 2.75) is 18.7 Å². The van der Waals surface area contributed by atoms with Crippen molar-refractivity contribution >= 4 is 15.7 Å². The molecule has 1 aromatic carbocycles. The third kappa shape index (κ3) is 2.36. The Morgan fingerprint density at radius 1 is 1.19 bits per heavy atom. The zero-order chi connectivity index (χ0) is 12.2. The monoisotopic (exact) mass is 242 g/mol. The molecule has 0 saturated carbocycles. The van der Waals surface area contributed by atoms with E-state index in [2.05, 4.69) is 5.32 Å². The molecule has 0 atom stereocenters. The molecule has 0 amide bonds. The van der Waals surface area contributed by atoms with Gasteiger partial charge in [0, 0.05) is 20.1 Å². The maximum Gasteiger partial charge on any atom is 0.245 e. The molecule has 0 aromatic heterocycles. The summed E-state index contributed by atoms with van der Waals surface area (Å²) >= 11 is 0. The number of benzene rings is 1. The molecule has 0 aliphatic rings. The first-order valence-electron chi connectivity index (χ1n) is 5.34. The van der Waals surface area contributed by atoms with Crippen molar-refractivity contribution < 1.29 is 8.42 Å². The van der Waals surface area contributed by atoms with Gasteiger partial charge in [0.15, 0.2) is 0 Å². The van der Waals surface area contributed by atoms with Gasteiger partial charge in [-0.3, -0.25) is 0 Å². The topological polar surface area (TPSA) is 49.4 Å². The van der Waals surface area contributed by atoms with Gasteiger partial charge in [-0.2, -0.15) is 4.31 Å². The quantitative estimate of drug-likeness (QED) is 0.856. The molecule has 1 rings (SSSR count). The Bertz CT molecular complexity index is 439. The molecule has 0 saturated heterocycles. The van der Waals surface area contributed by atoms with Gasteiger partial charge in [0.1, 0.15) is 4.90 Å². The molecule has 0 bridgehead atoms. The molecule has 16 heavy (non-hydrogen) atoms. The molecule has 90 valence electrons. The Balaban J connectivity index is 3.26. The van der Waals surface area contributed by atoms with Gasteiger partial charge < -0.3 is 5.32 Å². The fourth-order valence-corrected chi connectivity index (χ4v) is 3.26. The molecular weight excluding hydrogens is 224 g/mol. The second kappa shape index (κ2) is 5.32. The van der Waals surface area contributed by atoms with E-state index in [4.69, 9.17) is 0 Å². The van der Waals surface area contributed by atoms with Crippen molar-refractivity contribution in [3.63, 3.8) is 0 Å². The average Bonchev–Trinajstić information content (AvgIpc) is 2.30. The van der Waals surface area contributed by atoms with Crippen LogP contribution in [-0.4, -0.2) is 32.9 Å². The summed E-state index contributed by atoms with van der Waals surface area (Å²) in [5.74, 6) is 0. The van der Waals surface area contributed by atoms with Crippen LogP contribution in [0.5, 0.6) is 0 Å². The lowest BCUT2D eigenvalue weighted by molar-refractivity contribution is 0.445. The summed E-state index contributed by atoms with van der Waals surface area (Å²) in [6.45, 7) is 4.64. The zero-order valence-corrected chi connectivity index (χ0v) is 10.7. The molecule has 4 nitrogen and oxygen atoms in total. The maximum atomic E-state index is 12.3. The molecule has 0 heterocycles. The Kier molecular flexibility index (Phi) is 4.32. The van der Waals surface area contributed by atoms with E-state index in [-0.39, 0.29) is 0 Å². The summed E-state index contributed by atoms with van der Waals surface area (Å²) in [7, 11) is -1.65. The fraction of sp³-hybridized carbons (Fsp3) is 0.455. The predicted molar refractivity (Wildman–Crippen MR) is 66.1 cm³/mol. The molecule has 0 aliphatic carbocycles. The molecule has 0 unspecified atom stereocenters. The summed E-state index contributed by atoms with van der Waals surface area (Å²) in [6.07, 6.45) is 0. The van der Waals surface area contributed by atoms with Crippen LogP contribution in [0.15, 0.2) is 29.2 Å². The van der Waals surface area contributed by atoms with E-state index in [1.807, 2.05) is 19.9 Å². The highest BCUT2D eigenvalue weighted by Crippen LogP contribution is 2.23. The second-order valence-corrected chi connectivity index (χ2v) is 5.24. The highest BCUT2D eigenvalue weighted by molar-refractivity contribution is 7.89. The van der Waals surface area contributed by atoms with Crippen LogP contribution in [0.25, 0.3) is 0 Å². The standard InChI is InChI=1S/C11H18N2O2S/c1-4-13(5-2)16(14,15)11-9-7-6-8-10(11)12-3/h6-9,12H,4-5H2,1-3H3. The Hall–Kier alpha value is -1.07. The van der Waals surface area contributed by atoms with Crippen LogP contribution in [-0.2, 0) is 10.0 Å². The summed E-state index contributed by atoms with van der Waals surface area (Å²) in [5.41, 5.74) is 0.634. The summed E-state index contributed by atoms with van der Waals surface area (Å²) in [4.78, 5) is 0.334. The smallest absolute Gasteiger partial charge is 0.245 e. The van der Waals surface area contributed by atoms with E-state index in [0.29, 0.717) is 23.7 Å². The number of para-hydroxylation sites is 1. The average molecular weight is 242 g/mol. The van der Waals surface area contributed by atoms with Crippen LogP contribution >= 0.6 is 0 Å². The first-order valence-corrected chi connectivity index (χ1v) is 6.78. The molecule has 0 spiro atoms. The minimum absolute atomic E-state index is 0.334. The number of nitrogens with one attached hydrogen (secondary N) is 1. The first-order chi connectivity index (χ1) is 7.57. The summed E-state index contributed by atoms with van der Waals surface area (Å²) < 4.78 is 26.0. The van der Waals surface area contributed by atoms with Gasteiger partial charge in [-0.1, -0.05) is 26.0 Å². The van der Waals surface area contributed by atoms with Gasteiger partial charge in [0.2, 0.25) is 10.0 Å². The molecule has 0 radical (unpaired) electrons. The number of hydrogen-bond acceptors (Lipinski definition) is 3. The van der Waals surface area contributed by atoms with E-state index in [9.17, 15) is 8.42 Å². The van der Waals surface area contributed by atoms with Gasteiger partial charge in [0.25, 0.3) is 0 Å². The van der Waals surface area contributed by atoms with E-state index in [1.54, 1.807) is 25.2 Å². The fourth-order valence-electron chi connectivity index (χ4n) is 1.60. The minimum Gasteiger partial charge on any atom is -0.387 e. The lowest BCUT2D eigenvalue weighted by Gasteiger charge is -2.20. The molecule has 1 aromatic rings. The van der Waals surface area contributed by atoms with Gasteiger partial charge >= 0.3 is 0 Å². The van der Waals surface area contributed by atoms with Gasteiger partial charge in [-0.05, 0) is 12.1 Å². The van der Waals surface area contributed by atoms with Crippen LogP contribution in [0.3, 0.4) is 0 Å². The first kappa shape index (κ1) is 13.0. The van der Waals surface area contributed by atoms with Crippen molar-refractivity contribution in [1.29, 1.82) is 0 Å². The van der Waals surface area contributed by atoms with Crippen molar-refractivity contribution in [3.8, 4) is 0 Å². The minimum atomic E-state index is -3.37. The van der Waals surface area contributed by atoms with Crippen LogP contribution in [0.1, 0.15) is 13.8 Å². The zero-order valence-electron chi connectivity index (χ0n) is 9.90. The van der Waals surface area contributed by atoms with Crippen molar-refractivity contribution in [2.24, 2.45) is 0 Å². The predicted octanol–water partition coefficient (Wildman–Crippen LogP) is 1.76. The normalized spacial score (nSPS) is 11.8. The van der Waals surface area contributed by atoms with Gasteiger partial charge in [-0.25, -0.2) is 8.42 Å². The molecule has 0 fully saturated rings. The van der Waals surface area contributed by atoms with Crippen molar-refractivity contribution in [3.05, 3.63) is 24.3 Å². The summed E-state index contributed by atoms with van der Waals surface area (Å²) in [5, 5.41) is 2.90. The van der Waals surface area contributed by atoms with Crippen molar-refractivity contribution in [1.82, 2.24) is 4.31 Å². The molecule has 0 aliphatic heterocycles. The largest absolute Gasteiger partial charge is 0.387 e. The summed E-state index contributed by atoms with van der Waals surface area (Å²) in [6, 6.07) is 6.93. The van der Waals surface area contributed by atoms with Crippen LogP contribution in [0, 0.1) is 0 Å². The number of nitrogens with zero attached hydrogens (tertiary/aromatic N) is 1. The van der Waals surface area contributed by atoms with E-state index < -0.39 is 10.0 Å².